The van der Waals surface area contributed by atoms with Gasteiger partial charge in [-0.15, -0.1) is 0 Å². The summed E-state index contributed by atoms with van der Waals surface area (Å²) >= 11 is 0. The summed E-state index contributed by atoms with van der Waals surface area (Å²) in [6, 6.07) is 3.17. The molecule has 1 aliphatic rings. The fourth-order valence-electron chi connectivity index (χ4n) is 2.48. The van der Waals surface area contributed by atoms with Crippen LogP contribution in [0.4, 0.5) is 18.9 Å². The van der Waals surface area contributed by atoms with Crippen molar-refractivity contribution in [3.05, 3.63) is 29.3 Å². The number of benzene rings is 1. The zero-order chi connectivity index (χ0) is 15.8. The van der Waals surface area contributed by atoms with E-state index in [0.717, 1.165) is 12.1 Å². The second kappa shape index (κ2) is 5.55. The lowest BCUT2D eigenvalue weighted by Gasteiger charge is -2.19. The number of rotatable bonds is 2. The SMILES string of the molecule is CC(O)C1CCN(C(=O)c2ccc(N)c(C(F)(F)F)c2)C1. The smallest absolute Gasteiger partial charge is 0.398 e. The second-order valence-corrected chi connectivity index (χ2v) is 5.34. The van der Waals surface area contributed by atoms with Crippen LogP contribution in [-0.2, 0) is 6.18 Å². The van der Waals surface area contributed by atoms with Gasteiger partial charge in [0.15, 0.2) is 0 Å². The van der Waals surface area contributed by atoms with Crippen LogP contribution in [0.5, 0.6) is 0 Å². The van der Waals surface area contributed by atoms with Gasteiger partial charge in [0.1, 0.15) is 0 Å². The van der Waals surface area contributed by atoms with E-state index in [1.54, 1.807) is 6.92 Å². The van der Waals surface area contributed by atoms with Gasteiger partial charge in [-0.1, -0.05) is 0 Å². The Morgan fingerprint density at radius 3 is 2.67 bits per heavy atom. The molecule has 1 amide bonds. The number of hydrogen-bond donors (Lipinski definition) is 2. The molecule has 1 heterocycles. The van der Waals surface area contributed by atoms with Gasteiger partial charge in [-0.25, -0.2) is 0 Å². The van der Waals surface area contributed by atoms with Crippen molar-refractivity contribution in [1.29, 1.82) is 0 Å². The molecular formula is C14H17F3N2O2. The number of hydrogen-bond acceptors (Lipinski definition) is 3. The lowest BCUT2D eigenvalue weighted by molar-refractivity contribution is -0.136. The number of likely N-dealkylation sites (tertiary alicyclic amines) is 1. The maximum absolute atomic E-state index is 12.8. The zero-order valence-corrected chi connectivity index (χ0v) is 11.5. The fourth-order valence-corrected chi connectivity index (χ4v) is 2.48. The van der Waals surface area contributed by atoms with Crippen LogP contribution in [0.3, 0.4) is 0 Å². The highest BCUT2D eigenvalue weighted by molar-refractivity contribution is 5.95. The van der Waals surface area contributed by atoms with Gasteiger partial charge < -0.3 is 15.7 Å². The Morgan fingerprint density at radius 1 is 1.48 bits per heavy atom. The van der Waals surface area contributed by atoms with Gasteiger partial charge in [0.05, 0.1) is 11.7 Å². The van der Waals surface area contributed by atoms with Gasteiger partial charge in [-0.2, -0.15) is 13.2 Å². The fraction of sp³-hybridized carbons (Fsp3) is 0.500. The lowest BCUT2D eigenvalue weighted by atomic mass is 10.0. The van der Waals surface area contributed by atoms with Gasteiger partial charge in [0.25, 0.3) is 5.91 Å². The summed E-state index contributed by atoms with van der Waals surface area (Å²) in [7, 11) is 0. The van der Waals surface area contributed by atoms with Gasteiger partial charge in [-0.05, 0) is 31.5 Å². The van der Waals surface area contributed by atoms with Crippen LogP contribution in [0.15, 0.2) is 18.2 Å². The number of carbonyl (C=O) groups excluding carboxylic acids is 1. The highest BCUT2D eigenvalue weighted by Crippen LogP contribution is 2.34. The van der Waals surface area contributed by atoms with Gasteiger partial charge in [-0.3, -0.25) is 4.79 Å². The first-order valence-electron chi connectivity index (χ1n) is 6.64. The third-order valence-corrected chi connectivity index (χ3v) is 3.80. The molecule has 3 N–H and O–H groups in total. The van der Waals surface area contributed by atoms with E-state index in [-0.39, 0.29) is 11.5 Å². The van der Waals surface area contributed by atoms with E-state index in [2.05, 4.69) is 0 Å². The molecular weight excluding hydrogens is 285 g/mol. The number of alkyl halides is 3. The molecule has 2 unspecified atom stereocenters. The number of halogens is 3. The number of nitrogens with two attached hydrogens (primary N) is 1. The van der Waals surface area contributed by atoms with Gasteiger partial charge >= 0.3 is 6.18 Å². The van der Waals surface area contributed by atoms with Crippen molar-refractivity contribution in [2.24, 2.45) is 5.92 Å². The predicted octanol–water partition coefficient (Wildman–Crippen LogP) is 2.13. The number of nitrogen functional groups attached to an aromatic ring is 1. The highest BCUT2D eigenvalue weighted by atomic mass is 19.4. The van der Waals surface area contributed by atoms with E-state index in [0.29, 0.717) is 19.5 Å². The Labute approximate surface area is 120 Å². The summed E-state index contributed by atoms with van der Waals surface area (Å²) in [5.74, 6) is -0.506. The molecule has 2 atom stereocenters. The maximum Gasteiger partial charge on any atom is 0.418 e. The first-order chi connectivity index (χ1) is 9.70. The number of carbonyl (C=O) groups is 1. The summed E-state index contributed by atoms with van der Waals surface area (Å²) in [6.45, 7) is 2.42. The van der Waals surface area contributed by atoms with E-state index in [9.17, 15) is 23.1 Å². The lowest BCUT2D eigenvalue weighted by Crippen LogP contribution is -2.30. The van der Waals surface area contributed by atoms with E-state index in [1.807, 2.05) is 0 Å². The van der Waals surface area contributed by atoms with Crippen molar-refractivity contribution in [1.82, 2.24) is 4.90 Å². The Kier molecular flexibility index (Phi) is 4.13. The van der Waals surface area contributed by atoms with Crippen LogP contribution in [0.1, 0.15) is 29.3 Å². The number of aliphatic hydroxyl groups excluding tert-OH is 1. The number of amides is 1. The minimum Gasteiger partial charge on any atom is -0.398 e. The first-order valence-corrected chi connectivity index (χ1v) is 6.64. The molecule has 1 aromatic rings. The molecule has 1 saturated heterocycles. The summed E-state index contributed by atoms with van der Waals surface area (Å²) in [5.41, 5.74) is 3.87. The summed E-state index contributed by atoms with van der Waals surface area (Å²) in [4.78, 5) is 13.7. The van der Waals surface area contributed by atoms with Gasteiger partial charge in [0.2, 0.25) is 0 Å². The number of aliphatic hydroxyl groups is 1. The first kappa shape index (κ1) is 15.6. The Hall–Kier alpha value is -1.76. The minimum absolute atomic E-state index is 0.0372. The summed E-state index contributed by atoms with van der Waals surface area (Å²) in [5, 5.41) is 9.51. The van der Waals surface area contributed by atoms with Crippen molar-refractivity contribution in [2.45, 2.75) is 25.6 Å². The minimum atomic E-state index is -4.59. The molecule has 0 radical (unpaired) electrons. The molecule has 1 aliphatic heterocycles. The van der Waals surface area contributed by atoms with E-state index in [1.165, 1.54) is 11.0 Å². The molecule has 0 aromatic heterocycles. The topological polar surface area (TPSA) is 66.6 Å². The number of nitrogens with zero attached hydrogens (tertiary/aromatic N) is 1. The molecule has 1 fully saturated rings. The third-order valence-electron chi connectivity index (χ3n) is 3.80. The summed E-state index contributed by atoms with van der Waals surface area (Å²) in [6.07, 6.45) is -4.49. The highest BCUT2D eigenvalue weighted by Gasteiger charge is 2.35. The largest absolute Gasteiger partial charge is 0.418 e. The third kappa shape index (κ3) is 3.29. The maximum atomic E-state index is 12.8. The Bertz CT molecular complexity index is 544. The van der Waals surface area contributed by atoms with Crippen molar-refractivity contribution in [3.8, 4) is 0 Å². The Balaban J connectivity index is 2.21. The van der Waals surface area contributed by atoms with Gasteiger partial charge in [0, 0.05) is 30.3 Å². The van der Waals surface area contributed by atoms with E-state index < -0.39 is 29.4 Å². The molecule has 7 heteroatoms. The molecule has 0 spiro atoms. The van der Waals surface area contributed by atoms with Crippen LogP contribution < -0.4 is 5.73 Å². The normalized spacial score (nSPS) is 20.6. The van der Waals surface area contributed by atoms with E-state index >= 15 is 0 Å². The van der Waals surface area contributed by atoms with Crippen molar-refractivity contribution in [2.75, 3.05) is 18.8 Å². The van der Waals surface area contributed by atoms with Crippen molar-refractivity contribution >= 4 is 11.6 Å². The predicted molar refractivity (Wildman–Crippen MR) is 71.5 cm³/mol. The van der Waals surface area contributed by atoms with Crippen LogP contribution in [-0.4, -0.2) is 35.1 Å². The number of anilines is 1. The summed E-state index contributed by atoms with van der Waals surface area (Å²) < 4.78 is 38.4. The molecule has 0 bridgehead atoms. The molecule has 0 saturated carbocycles. The van der Waals surface area contributed by atoms with Crippen LogP contribution >= 0.6 is 0 Å². The molecule has 1 aromatic carbocycles. The quantitative estimate of drug-likeness (QED) is 0.823. The molecule has 116 valence electrons. The van der Waals surface area contributed by atoms with Crippen molar-refractivity contribution < 1.29 is 23.1 Å². The molecule has 0 aliphatic carbocycles. The monoisotopic (exact) mass is 302 g/mol. The van der Waals surface area contributed by atoms with Crippen LogP contribution in [0.25, 0.3) is 0 Å². The molecule has 2 rings (SSSR count). The van der Waals surface area contributed by atoms with Crippen LogP contribution in [0, 0.1) is 5.92 Å². The molecule has 21 heavy (non-hydrogen) atoms. The Morgan fingerprint density at radius 2 is 2.14 bits per heavy atom. The molecule has 4 nitrogen and oxygen atoms in total. The zero-order valence-electron chi connectivity index (χ0n) is 11.5. The average molecular weight is 302 g/mol. The standard InChI is InChI=1S/C14H17F3N2O2/c1-8(20)10-4-5-19(7-10)13(21)9-2-3-12(18)11(6-9)14(15,16)17/h2-3,6,8,10,20H,4-5,7,18H2,1H3. The van der Waals surface area contributed by atoms with E-state index in [4.69, 9.17) is 5.73 Å². The second-order valence-electron chi connectivity index (χ2n) is 5.34. The van der Waals surface area contributed by atoms with Crippen molar-refractivity contribution in [3.63, 3.8) is 0 Å². The van der Waals surface area contributed by atoms with Crippen LogP contribution in [0.2, 0.25) is 0 Å². The average Bonchev–Trinajstić information content (AvgIpc) is 2.86.